The van der Waals surface area contributed by atoms with E-state index in [0.29, 0.717) is 0 Å². The Morgan fingerprint density at radius 1 is 1.75 bits per heavy atom. The molecule has 0 radical (unpaired) electrons. The lowest BCUT2D eigenvalue weighted by atomic mass is 9.86. The lowest BCUT2D eigenvalue weighted by Gasteiger charge is -2.40. The molecule has 0 spiro atoms. The molecule has 1 heterocycles. The normalized spacial score (nSPS) is 32.9. The molecule has 2 heteroatoms. The van der Waals surface area contributed by atoms with Gasteiger partial charge in [-0.15, -0.1) is 0 Å². The number of rotatable bonds is 0. The van der Waals surface area contributed by atoms with Crippen LogP contribution in [-0.4, -0.2) is 11.6 Å². The minimum Gasteiger partial charge on any atom is -0.297 e. The molecule has 0 aromatic heterocycles. The molecular formula is C6H10N2. The molecule has 1 atom stereocenters. The van der Waals surface area contributed by atoms with Gasteiger partial charge in [-0.2, -0.15) is 5.26 Å². The molecule has 2 nitrogen and oxygen atoms in total. The maximum absolute atomic E-state index is 8.31. The molecule has 8 heavy (non-hydrogen) atoms. The largest absolute Gasteiger partial charge is 0.297 e. The first-order valence-corrected chi connectivity index (χ1v) is 2.81. The van der Waals surface area contributed by atoms with Crippen molar-refractivity contribution >= 4 is 0 Å². The van der Waals surface area contributed by atoms with Crippen LogP contribution in [0.2, 0.25) is 0 Å². The van der Waals surface area contributed by atoms with Crippen LogP contribution >= 0.6 is 0 Å². The Morgan fingerprint density at radius 2 is 2.25 bits per heavy atom. The summed E-state index contributed by atoms with van der Waals surface area (Å²) >= 11 is 0. The molecule has 0 saturated carbocycles. The van der Waals surface area contributed by atoms with Crippen molar-refractivity contribution in [1.82, 2.24) is 5.32 Å². The fourth-order valence-corrected chi connectivity index (χ4v) is 1.04. The van der Waals surface area contributed by atoms with Crippen LogP contribution < -0.4 is 5.32 Å². The van der Waals surface area contributed by atoms with Crippen LogP contribution in [0.15, 0.2) is 0 Å². The fourth-order valence-electron chi connectivity index (χ4n) is 1.04. The van der Waals surface area contributed by atoms with E-state index in [1.165, 1.54) is 0 Å². The summed E-state index contributed by atoms with van der Waals surface area (Å²) in [4.78, 5) is 0. The predicted octanol–water partition coefficient (Wildman–Crippen LogP) is 0.650. The Morgan fingerprint density at radius 3 is 2.38 bits per heavy atom. The molecule has 0 unspecified atom stereocenters. The zero-order chi connectivity index (χ0) is 6.20. The molecule has 1 fully saturated rings. The smallest absolute Gasteiger partial charge is 0.0974 e. The van der Waals surface area contributed by atoms with E-state index in [0.717, 1.165) is 6.42 Å². The zero-order valence-electron chi connectivity index (χ0n) is 5.23. The Labute approximate surface area is 49.5 Å². The third-order valence-electron chi connectivity index (χ3n) is 1.44. The van der Waals surface area contributed by atoms with E-state index >= 15 is 0 Å². The molecule has 1 N–H and O–H groups in total. The Hall–Kier alpha value is -0.550. The van der Waals surface area contributed by atoms with Crippen LogP contribution in [0.25, 0.3) is 0 Å². The molecule has 1 saturated heterocycles. The van der Waals surface area contributed by atoms with E-state index in [9.17, 15) is 0 Å². The van der Waals surface area contributed by atoms with Crippen LogP contribution in [0, 0.1) is 11.3 Å². The van der Waals surface area contributed by atoms with Crippen molar-refractivity contribution in [3.05, 3.63) is 0 Å². The molecule has 0 aromatic rings. The van der Waals surface area contributed by atoms with Gasteiger partial charge in [0.25, 0.3) is 0 Å². The molecule has 0 bridgehead atoms. The van der Waals surface area contributed by atoms with Gasteiger partial charge in [-0.25, -0.2) is 0 Å². The van der Waals surface area contributed by atoms with Crippen LogP contribution in [0.4, 0.5) is 0 Å². The van der Waals surface area contributed by atoms with Crippen molar-refractivity contribution in [3.8, 4) is 6.07 Å². The number of nitriles is 1. The van der Waals surface area contributed by atoms with Crippen molar-refractivity contribution in [2.24, 2.45) is 0 Å². The average Bonchev–Trinajstić information content (AvgIpc) is 1.60. The highest BCUT2D eigenvalue weighted by molar-refractivity contribution is 5.07. The Kier molecular flexibility index (Phi) is 1.02. The SMILES string of the molecule is CC1(C)C[C@@H](C#N)N1. The van der Waals surface area contributed by atoms with Gasteiger partial charge in [0.15, 0.2) is 0 Å². The Balaban J connectivity index is 2.34. The molecule has 1 aliphatic heterocycles. The monoisotopic (exact) mass is 110 g/mol. The zero-order valence-corrected chi connectivity index (χ0v) is 5.23. The summed E-state index contributed by atoms with van der Waals surface area (Å²) in [5.41, 5.74) is 0.223. The molecule has 44 valence electrons. The van der Waals surface area contributed by atoms with E-state index in [1.807, 2.05) is 0 Å². The van der Waals surface area contributed by atoms with Gasteiger partial charge >= 0.3 is 0 Å². The first-order chi connectivity index (χ1) is 3.64. The third kappa shape index (κ3) is 0.823. The number of nitrogens with one attached hydrogen (secondary N) is 1. The van der Waals surface area contributed by atoms with Crippen LogP contribution in [0.3, 0.4) is 0 Å². The van der Waals surface area contributed by atoms with Gasteiger partial charge in [0.1, 0.15) is 0 Å². The van der Waals surface area contributed by atoms with Crippen molar-refractivity contribution in [3.63, 3.8) is 0 Å². The fraction of sp³-hybridized carbons (Fsp3) is 0.833. The third-order valence-corrected chi connectivity index (χ3v) is 1.44. The average molecular weight is 110 g/mol. The van der Waals surface area contributed by atoms with Crippen LogP contribution in [0.1, 0.15) is 20.3 Å². The highest BCUT2D eigenvalue weighted by Gasteiger charge is 2.34. The van der Waals surface area contributed by atoms with Crippen molar-refractivity contribution in [1.29, 1.82) is 5.26 Å². The number of hydrogen-bond donors (Lipinski definition) is 1. The van der Waals surface area contributed by atoms with E-state index in [4.69, 9.17) is 5.26 Å². The minimum atomic E-state index is 0.116. The summed E-state index contributed by atoms with van der Waals surface area (Å²) in [7, 11) is 0. The predicted molar refractivity (Wildman–Crippen MR) is 31.2 cm³/mol. The minimum absolute atomic E-state index is 0.116. The van der Waals surface area contributed by atoms with Gasteiger partial charge < -0.3 is 0 Å². The van der Waals surface area contributed by atoms with Crippen LogP contribution in [0.5, 0.6) is 0 Å². The molecule has 1 aliphatic rings. The first-order valence-electron chi connectivity index (χ1n) is 2.81. The van der Waals surface area contributed by atoms with Gasteiger partial charge in [-0.3, -0.25) is 5.32 Å². The standard InChI is InChI=1S/C6H10N2/c1-6(2)3-5(4-7)8-6/h5,8H,3H2,1-2H3/t5-/m0/s1. The second-order valence-electron chi connectivity index (χ2n) is 2.91. The second-order valence-corrected chi connectivity index (χ2v) is 2.91. The summed E-state index contributed by atoms with van der Waals surface area (Å²) in [5, 5.41) is 11.4. The van der Waals surface area contributed by atoms with Gasteiger partial charge in [0.2, 0.25) is 0 Å². The highest BCUT2D eigenvalue weighted by atomic mass is 15.1. The summed E-state index contributed by atoms with van der Waals surface area (Å²) in [6.07, 6.45) is 0.990. The molecule has 0 aromatic carbocycles. The number of nitrogens with zero attached hydrogens (tertiary/aromatic N) is 1. The van der Waals surface area contributed by atoms with Crippen molar-refractivity contribution in [2.45, 2.75) is 31.8 Å². The second kappa shape index (κ2) is 1.46. The molecule has 0 amide bonds. The Bertz CT molecular complexity index is 124. The molecular weight excluding hydrogens is 100 g/mol. The summed E-state index contributed by atoms with van der Waals surface area (Å²) in [6.45, 7) is 4.20. The summed E-state index contributed by atoms with van der Waals surface area (Å²) < 4.78 is 0. The summed E-state index contributed by atoms with van der Waals surface area (Å²) in [5.74, 6) is 0. The highest BCUT2D eigenvalue weighted by Crippen LogP contribution is 2.21. The van der Waals surface area contributed by atoms with Crippen molar-refractivity contribution in [2.75, 3.05) is 0 Å². The number of hydrogen-bond acceptors (Lipinski definition) is 2. The summed E-state index contributed by atoms with van der Waals surface area (Å²) in [6, 6.07) is 2.26. The van der Waals surface area contributed by atoms with Gasteiger partial charge in [-0.05, 0) is 20.3 Å². The molecule has 1 rings (SSSR count). The lowest BCUT2D eigenvalue weighted by Crippen LogP contribution is -2.59. The van der Waals surface area contributed by atoms with Crippen molar-refractivity contribution < 1.29 is 0 Å². The maximum Gasteiger partial charge on any atom is 0.0974 e. The lowest BCUT2D eigenvalue weighted by molar-refractivity contribution is 0.214. The van der Waals surface area contributed by atoms with E-state index < -0.39 is 0 Å². The molecule has 0 aliphatic carbocycles. The van der Waals surface area contributed by atoms with Gasteiger partial charge in [0.05, 0.1) is 12.1 Å². The van der Waals surface area contributed by atoms with E-state index in [2.05, 4.69) is 25.2 Å². The van der Waals surface area contributed by atoms with Gasteiger partial charge in [0, 0.05) is 5.54 Å². The maximum atomic E-state index is 8.31. The van der Waals surface area contributed by atoms with E-state index in [1.54, 1.807) is 0 Å². The quantitative estimate of drug-likeness (QED) is 0.497. The van der Waals surface area contributed by atoms with Gasteiger partial charge in [-0.1, -0.05) is 0 Å². The van der Waals surface area contributed by atoms with Crippen LogP contribution in [-0.2, 0) is 0 Å². The first kappa shape index (κ1) is 5.58. The topological polar surface area (TPSA) is 35.8 Å². The van der Waals surface area contributed by atoms with E-state index in [-0.39, 0.29) is 11.6 Å².